The van der Waals surface area contributed by atoms with Gasteiger partial charge < -0.3 is 9.88 Å². The van der Waals surface area contributed by atoms with Crippen molar-refractivity contribution in [3.8, 4) is 5.69 Å². The number of aryl methyl sites for hydroxylation is 1. The molecule has 0 aliphatic carbocycles. The minimum atomic E-state index is -3.67. The molecular formula is C24H26Cl2N4O3S. The number of halogens is 2. The summed E-state index contributed by atoms with van der Waals surface area (Å²) in [4.78, 5) is 17.0. The van der Waals surface area contributed by atoms with E-state index < -0.39 is 15.9 Å². The van der Waals surface area contributed by atoms with Gasteiger partial charge in [-0.1, -0.05) is 41.4 Å². The van der Waals surface area contributed by atoms with Gasteiger partial charge in [-0.05, 0) is 49.6 Å². The maximum atomic E-state index is 13.0. The van der Waals surface area contributed by atoms with Crippen LogP contribution in [0, 0.1) is 12.8 Å². The number of sulfonamides is 1. The molecule has 1 aliphatic heterocycles. The number of carbonyl (C=O) groups excluding carboxylic acids is 1. The van der Waals surface area contributed by atoms with Crippen LogP contribution in [-0.2, 0) is 27.1 Å². The lowest BCUT2D eigenvalue weighted by Crippen LogP contribution is -2.45. The fourth-order valence-corrected chi connectivity index (χ4v) is 6.47. The number of benzene rings is 2. The molecule has 10 heteroatoms. The van der Waals surface area contributed by atoms with E-state index in [2.05, 4.69) is 10.3 Å². The molecule has 1 aromatic heterocycles. The highest BCUT2D eigenvalue weighted by Gasteiger charge is 2.33. The highest BCUT2D eigenvalue weighted by atomic mass is 35.5. The summed E-state index contributed by atoms with van der Waals surface area (Å²) in [7, 11) is -3.67. The molecule has 2 heterocycles. The summed E-state index contributed by atoms with van der Waals surface area (Å²) in [6.45, 7) is 2.84. The number of aromatic nitrogens is 2. The molecule has 0 spiro atoms. The number of nitrogens with zero attached hydrogens (tertiary/aromatic N) is 3. The Morgan fingerprint density at radius 3 is 2.50 bits per heavy atom. The van der Waals surface area contributed by atoms with Crippen LogP contribution in [0.1, 0.15) is 29.8 Å². The van der Waals surface area contributed by atoms with Gasteiger partial charge in [0.05, 0.1) is 11.7 Å². The standard InChI is InChI=1S/C24H26Cl2N4O3S/c1-17-27-11-13-30(17)20-9-7-18(8-10-20)14-28-24(31)19-4-3-12-29(15-19)34(32,33)16-21-22(25)5-2-6-23(21)26/h2,5-11,13,19H,3-4,12,14-16H2,1H3,(H,28,31)/t19-/m1/s1. The highest BCUT2D eigenvalue weighted by Crippen LogP contribution is 2.29. The Bertz CT molecular complexity index is 1260. The molecule has 7 nitrogen and oxygen atoms in total. The molecule has 2 aromatic carbocycles. The molecule has 3 aromatic rings. The second-order valence-corrected chi connectivity index (χ2v) is 11.2. The number of rotatable bonds is 7. The Labute approximate surface area is 209 Å². The van der Waals surface area contributed by atoms with E-state index in [1.807, 2.05) is 42.0 Å². The molecular weight excluding hydrogens is 495 g/mol. The first-order valence-corrected chi connectivity index (χ1v) is 13.4. The Balaban J connectivity index is 1.35. The Morgan fingerprint density at radius 2 is 1.85 bits per heavy atom. The Morgan fingerprint density at radius 1 is 1.15 bits per heavy atom. The monoisotopic (exact) mass is 520 g/mol. The normalized spacial score (nSPS) is 17.0. The zero-order valence-electron chi connectivity index (χ0n) is 18.7. The van der Waals surface area contributed by atoms with Crippen molar-refractivity contribution in [2.24, 2.45) is 5.92 Å². The van der Waals surface area contributed by atoms with Crippen molar-refractivity contribution < 1.29 is 13.2 Å². The summed E-state index contributed by atoms with van der Waals surface area (Å²) >= 11 is 12.3. The molecule has 1 atom stereocenters. The smallest absolute Gasteiger partial charge is 0.224 e. The van der Waals surface area contributed by atoms with E-state index in [1.54, 1.807) is 24.4 Å². The SMILES string of the molecule is Cc1nccn1-c1ccc(CNC(=O)[C@@H]2CCCN(S(=O)(=O)Cc3c(Cl)cccc3Cl)C2)cc1. The fraction of sp³-hybridized carbons (Fsp3) is 0.333. The molecule has 1 saturated heterocycles. The van der Waals surface area contributed by atoms with Crippen molar-refractivity contribution >= 4 is 39.1 Å². The van der Waals surface area contributed by atoms with E-state index >= 15 is 0 Å². The van der Waals surface area contributed by atoms with Crippen molar-refractivity contribution in [2.45, 2.75) is 32.1 Å². The van der Waals surface area contributed by atoms with Crippen LogP contribution >= 0.6 is 23.2 Å². The molecule has 4 rings (SSSR count). The van der Waals surface area contributed by atoms with E-state index in [4.69, 9.17) is 23.2 Å². The Kier molecular flexibility index (Phi) is 7.62. The zero-order chi connectivity index (χ0) is 24.3. The average Bonchev–Trinajstić information content (AvgIpc) is 3.26. The second-order valence-electron chi connectivity index (χ2n) is 8.38. The lowest BCUT2D eigenvalue weighted by molar-refractivity contribution is -0.126. The maximum Gasteiger partial charge on any atom is 0.224 e. The second kappa shape index (κ2) is 10.5. The summed E-state index contributed by atoms with van der Waals surface area (Å²) in [6.07, 6.45) is 4.91. The van der Waals surface area contributed by atoms with Crippen molar-refractivity contribution in [2.75, 3.05) is 13.1 Å². The lowest BCUT2D eigenvalue weighted by atomic mass is 9.99. The minimum Gasteiger partial charge on any atom is -0.352 e. The molecule has 0 radical (unpaired) electrons. The summed E-state index contributed by atoms with van der Waals surface area (Å²) < 4.78 is 29.4. The summed E-state index contributed by atoms with van der Waals surface area (Å²) in [5.74, 6) is 0.0563. The molecule has 34 heavy (non-hydrogen) atoms. The van der Waals surface area contributed by atoms with E-state index in [0.29, 0.717) is 41.5 Å². The third-order valence-electron chi connectivity index (χ3n) is 6.04. The molecule has 1 fully saturated rings. The zero-order valence-corrected chi connectivity index (χ0v) is 21.1. The lowest BCUT2D eigenvalue weighted by Gasteiger charge is -2.31. The first-order valence-electron chi connectivity index (χ1n) is 11.0. The van der Waals surface area contributed by atoms with Gasteiger partial charge in [0, 0.05) is 53.3 Å². The van der Waals surface area contributed by atoms with Gasteiger partial charge in [-0.15, -0.1) is 0 Å². The predicted molar refractivity (Wildman–Crippen MR) is 134 cm³/mol. The van der Waals surface area contributed by atoms with Crippen LogP contribution in [0.25, 0.3) is 5.69 Å². The van der Waals surface area contributed by atoms with Crippen LogP contribution in [0.15, 0.2) is 54.9 Å². The molecule has 1 aliphatic rings. The van der Waals surface area contributed by atoms with Gasteiger partial charge in [0.1, 0.15) is 5.82 Å². The van der Waals surface area contributed by atoms with Crippen molar-refractivity contribution in [1.29, 1.82) is 0 Å². The van der Waals surface area contributed by atoms with Crippen LogP contribution in [0.3, 0.4) is 0 Å². The quantitative estimate of drug-likeness (QED) is 0.501. The van der Waals surface area contributed by atoms with Gasteiger partial charge in [-0.25, -0.2) is 17.7 Å². The number of hydrogen-bond donors (Lipinski definition) is 1. The van der Waals surface area contributed by atoms with Gasteiger partial charge in [-0.2, -0.15) is 0 Å². The van der Waals surface area contributed by atoms with Gasteiger partial charge in [-0.3, -0.25) is 4.79 Å². The van der Waals surface area contributed by atoms with Gasteiger partial charge in [0.2, 0.25) is 15.9 Å². The summed E-state index contributed by atoms with van der Waals surface area (Å²) in [6, 6.07) is 12.8. The fourth-order valence-electron chi connectivity index (χ4n) is 4.11. The number of imidazole rings is 1. The van der Waals surface area contributed by atoms with Crippen LogP contribution in [0.2, 0.25) is 10.0 Å². The van der Waals surface area contributed by atoms with Gasteiger partial charge in [0.25, 0.3) is 0 Å². The highest BCUT2D eigenvalue weighted by molar-refractivity contribution is 7.88. The predicted octanol–water partition coefficient (Wildman–Crippen LogP) is 4.35. The average molecular weight is 521 g/mol. The van der Waals surface area contributed by atoms with Crippen LogP contribution in [-0.4, -0.2) is 41.3 Å². The first kappa shape index (κ1) is 24.7. The van der Waals surface area contributed by atoms with E-state index in [0.717, 1.165) is 17.1 Å². The van der Waals surface area contributed by atoms with Crippen LogP contribution < -0.4 is 5.32 Å². The molecule has 1 amide bonds. The van der Waals surface area contributed by atoms with Crippen molar-refractivity contribution in [3.63, 3.8) is 0 Å². The molecule has 0 unspecified atom stereocenters. The van der Waals surface area contributed by atoms with E-state index in [9.17, 15) is 13.2 Å². The number of carbonyl (C=O) groups is 1. The van der Waals surface area contributed by atoms with Crippen LogP contribution in [0.4, 0.5) is 0 Å². The number of amides is 1. The largest absolute Gasteiger partial charge is 0.352 e. The molecule has 0 bridgehead atoms. The maximum absolute atomic E-state index is 13.0. The van der Waals surface area contributed by atoms with Crippen molar-refractivity contribution in [1.82, 2.24) is 19.2 Å². The molecule has 0 saturated carbocycles. The molecule has 180 valence electrons. The summed E-state index contributed by atoms with van der Waals surface area (Å²) in [5, 5.41) is 3.58. The molecule has 1 N–H and O–H groups in total. The van der Waals surface area contributed by atoms with Crippen LogP contribution in [0.5, 0.6) is 0 Å². The number of piperidine rings is 1. The van der Waals surface area contributed by atoms with Crippen molar-refractivity contribution in [3.05, 3.63) is 81.9 Å². The van der Waals surface area contributed by atoms with E-state index in [1.165, 1.54) is 4.31 Å². The van der Waals surface area contributed by atoms with Gasteiger partial charge >= 0.3 is 0 Å². The number of hydrogen-bond acceptors (Lipinski definition) is 4. The van der Waals surface area contributed by atoms with E-state index in [-0.39, 0.29) is 18.2 Å². The number of nitrogens with one attached hydrogen (secondary N) is 1. The van der Waals surface area contributed by atoms with Gasteiger partial charge in [0.15, 0.2) is 0 Å². The Hall–Kier alpha value is -2.39. The first-order chi connectivity index (χ1) is 16.2. The summed E-state index contributed by atoms with van der Waals surface area (Å²) in [5.41, 5.74) is 2.34. The minimum absolute atomic E-state index is 0.148. The topological polar surface area (TPSA) is 84.3 Å². The third-order valence-corrected chi connectivity index (χ3v) is 8.52. The third kappa shape index (κ3) is 5.63.